The quantitative estimate of drug-likeness (QED) is 0.764. The molecule has 2 N–H and O–H groups in total. The lowest BCUT2D eigenvalue weighted by atomic mass is 10.1. The van der Waals surface area contributed by atoms with E-state index in [1.54, 1.807) is 4.90 Å². The summed E-state index contributed by atoms with van der Waals surface area (Å²) in [4.78, 5) is 18.5. The number of rotatable bonds is 2. The molecular weight excluding hydrogens is 264 g/mol. The van der Waals surface area contributed by atoms with Gasteiger partial charge in [-0.2, -0.15) is 0 Å². The Morgan fingerprint density at radius 3 is 2.60 bits per heavy atom. The molecule has 3 unspecified atom stereocenters. The van der Waals surface area contributed by atoms with E-state index in [1.165, 1.54) is 0 Å². The zero-order valence-electron chi connectivity index (χ0n) is 12.7. The molecule has 2 heterocycles. The topological polar surface area (TPSA) is 83.2 Å². The van der Waals surface area contributed by atoms with E-state index < -0.39 is 17.5 Å². The van der Waals surface area contributed by atoms with E-state index in [2.05, 4.69) is 0 Å². The molecule has 116 valence electrons. The van der Waals surface area contributed by atoms with Crippen molar-refractivity contribution in [2.75, 3.05) is 13.2 Å². The zero-order chi connectivity index (χ0) is 15.1. The van der Waals surface area contributed by atoms with E-state index in [0.717, 1.165) is 0 Å². The number of amides is 1. The lowest BCUT2D eigenvalue weighted by molar-refractivity contribution is -0.163. The van der Waals surface area contributed by atoms with Gasteiger partial charge >= 0.3 is 6.09 Å². The first kappa shape index (κ1) is 15.5. The van der Waals surface area contributed by atoms with Gasteiger partial charge in [-0.3, -0.25) is 4.90 Å². The molecule has 1 amide bonds. The molecule has 0 aromatic carbocycles. The third-order valence-corrected chi connectivity index (χ3v) is 3.27. The van der Waals surface area contributed by atoms with Crippen molar-refractivity contribution in [1.82, 2.24) is 4.90 Å². The van der Waals surface area contributed by atoms with Gasteiger partial charge in [0.1, 0.15) is 17.8 Å². The van der Waals surface area contributed by atoms with E-state index in [0.29, 0.717) is 6.54 Å². The van der Waals surface area contributed by atoms with E-state index in [1.807, 2.05) is 34.6 Å². The van der Waals surface area contributed by atoms with Crippen LogP contribution >= 0.6 is 0 Å². The maximum atomic E-state index is 12.2. The summed E-state index contributed by atoms with van der Waals surface area (Å²) in [5, 5.41) is 0. The number of nitrogens with zero attached hydrogens (tertiary/aromatic N) is 1. The van der Waals surface area contributed by atoms with E-state index in [-0.39, 0.29) is 24.9 Å². The molecule has 0 aromatic heterocycles. The Labute approximate surface area is 119 Å². The summed E-state index contributed by atoms with van der Waals surface area (Å²) in [6.45, 7) is 9.77. The minimum absolute atomic E-state index is 0.180. The number of likely N-dealkylation sites (tertiary alicyclic amines) is 1. The van der Waals surface area contributed by atoms with E-state index in [9.17, 15) is 4.79 Å². The molecule has 3 atom stereocenters. The Morgan fingerprint density at radius 2 is 2.05 bits per heavy atom. The van der Waals surface area contributed by atoms with E-state index in [4.69, 9.17) is 24.9 Å². The lowest BCUT2D eigenvalue weighted by Crippen LogP contribution is -2.47. The number of carbonyl (C=O) groups excluding carboxylic acids is 1. The van der Waals surface area contributed by atoms with Gasteiger partial charge in [-0.25, -0.2) is 10.7 Å². The SMILES string of the molecule is CC(C)(C)OC(=O)N1CC2OC(C)(C)OC2C1CON. The number of hydrogen-bond donors (Lipinski definition) is 1. The molecule has 7 heteroatoms. The molecule has 0 radical (unpaired) electrons. The second-order valence-corrected chi connectivity index (χ2v) is 6.67. The van der Waals surface area contributed by atoms with Crippen LogP contribution in [0, 0.1) is 0 Å². The third kappa shape index (κ3) is 3.22. The summed E-state index contributed by atoms with van der Waals surface area (Å²) in [7, 11) is 0. The number of hydrogen-bond acceptors (Lipinski definition) is 6. The minimum atomic E-state index is -0.651. The lowest BCUT2D eigenvalue weighted by Gasteiger charge is -2.31. The van der Waals surface area contributed by atoms with Crippen LogP contribution in [0.5, 0.6) is 0 Å². The maximum Gasteiger partial charge on any atom is 0.410 e. The number of fused-ring (bicyclic) bond motifs is 1. The molecular formula is C13H24N2O5. The highest BCUT2D eigenvalue weighted by atomic mass is 16.8. The summed E-state index contributed by atoms with van der Waals surface area (Å²) in [5.74, 6) is 4.52. The summed E-state index contributed by atoms with van der Waals surface area (Å²) in [6, 6.07) is -0.304. The molecule has 2 aliphatic rings. The van der Waals surface area contributed by atoms with Crippen molar-refractivity contribution in [2.45, 2.75) is 64.3 Å². The molecule has 0 spiro atoms. The van der Waals surface area contributed by atoms with Crippen molar-refractivity contribution >= 4 is 6.09 Å². The largest absolute Gasteiger partial charge is 0.444 e. The molecule has 2 aliphatic heterocycles. The van der Waals surface area contributed by atoms with Crippen molar-refractivity contribution in [2.24, 2.45) is 5.90 Å². The van der Waals surface area contributed by atoms with Gasteiger partial charge in [0, 0.05) is 0 Å². The van der Waals surface area contributed by atoms with Crippen LogP contribution in [0.2, 0.25) is 0 Å². The van der Waals surface area contributed by atoms with Gasteiger partial charge in [0.2, 0.25) is 0 Å². The fraction of sp³-hybridized carbons (Fsp3) is 0.923. The van der Waals surface area contributed by atoms with Gasteiger partial charge in [-0.1, -0.05) is 0 Å². The standard InChI is InChI=1S/C13H24N2O5/c1-12(2,3)20-11(16)15-6-9-10(8(15)7-17-14)19-13(4,5)18-9/h8-10H,6-7,14H2,1-5H3. The summed E-state index contributed by atoms with van der Waals surface area (Å²) >= 11 is 0. The molecule has 2 rings (SSSR count). The van der Waals surface area contributed by atoms with Crippen LogP contribution in [0.1, 0.15) is 34.6 Å². The highest BCUT2D eigenvalue weighted by Gasteiger charge is 2.54. The van der Waals surface area contributed by atoms with Crippen molar-refractivity contribution in [3.05, 3.63) is 0 Å². The molecule has 7 nitrogen and oxygen atoms in total. The van der Waals surface area contributed by atoms with Crippen molar-refractivity contribution < 1.29 is 23.8 Å². The third-order valence-electron chi connectivity index (χ3n) is 3.27. The maximum absolute atomic E-state index is 12.2. The van der Waals surface area contributed by atoms with Crippen LogP contribution in [-0.4, -0.2) is 53.8 Å². The smallest absolute Gasteiger partial charge is 0.410 e. The van der Waals surface area contributed by atoms with Crippen LogP contribution < -0.4 is 5.90 Å². The number of nitrogens with two attached hydrogens (primary N) is 1. The molecule has 0 saturated carbocycles. The van der Waals surface area contributed by atoms with Crippen LogP contribution in [0.3, 0.4) is 0 Å². The first-order valence-corrected chi connectivity index (χ1v) is 6.80. The highest BCUT2D eigenvalue weighted by molar-refractivity contribution is 5.69. The molecule has 0 aliphatic carbocycles. The first-order valence-electron chi connectivity index (χ1n) is 6.80. The summed E-state index contributed by atoms with van der Waals surface area (Å²) in [6.07, 6.45) is -0.835. The Morgan fingerprint density at radius 1 is 1.40 bits per heavy atom. The predicted octanol–water partition coefficient (Wildman–Crippen LogP) is 1.02. The summed E-state index contributed by atoms with van der Waals surface area (Å²) < 4.78 is 17.0. The fourth-order valence-electron chi connectivity index (χ4n) is 2.65. The van der Waals surface area contributed by atoms with Crippen molar-refractivity contribution in [3.63, 3.8) is 0 Å². The van der Waals surface area contributed by atoms with Gasteiger partial charge in [-0.05, 0) is 34.6 Å². The highest BCUT2D eigenvalue weighted by Crippen LogP contribution is 2.37. The zero-order valence-corrected chi connectivity index (χ0v) is 12.7. The second-order valence-electron chi connectivity index (χ2n) is 6.67. The minimum Gasteiger partial charge on any atom is -0.444 e. The van der Waals surface area contributed by atoms with Gasteiger partial charge in [0.15, 0.2) is 5.79 Å². The second kappa shape index (κ2) is 5.14. The average molecular weight is 288 g/mol. The molecule has 0 bridgehead atoms. The Kier molecular flexibility index (Phi) is 3.98. The van der Waals surface area contributed by atoms with Gasteiger partial charge in [0.05, 0.1) is 19.2 Å². The Hall–Kier alpha value is -0.890. The molecule has 0 aromatic rings. The van der Waals surface area contributed by atoms with Crippen molar-refractivity contribution in [3.8, 4) is 0 Å². The monoisotopic (exact) mass is 288 g/mol. The fourth-order valence-corrected chi connectivity index (χ4v) is 2.65. The molecule has 2 saturated heterocycles. The van der Waals surface area contributed by atoms with E-state index >= 15 is 0 Å². The van der Waals surface area contributed by atoms with Crippen LogP contribution in [0.25, 0.3) is 0 Å². The van der Waals surface area contributed by atoms with Crippen LogP contribution in [0.4, 0.5) is 4.79 Å². The van der Waals surface area contributed by atoms with Gasteiger partial charge in [0.25, 0.3) is 0 Å². The first-order chi connectivity index (χ1) is 9.13. The Bertz CT molecular complexity index is 379. The Balaban J connectivity index is 2.10. The molecule has 20 heavy (non-hydrogen) atoms. The normalized spacial score (nSPS) is 32.3. The number of carbonyl (C=O) groups is 1. The molecule has 2 fully saturated rings. The van der Waals surface area contributed by atoms with Crippen molar-refractivity contribution in [1.29, 1.82) is 0 Å². The average Bonchev–Trinajstić information content (AvgIpc) is 2.70. The van der Waals surface area contributed by atoms with Crippen LogP contribution in [-0.2, 0) is 19.0 Å². The van der Waals surface area contributed by atoms with Crippen LogP contribution in [0.15, 0.2) is 0 Å². The number of ether oxygens (including phenoxy) is 3. The van der Waals surface area contributed by atoms with Gasteiger partial charge < -0.3 is 19.0 Å². The predicted molar refractivity (Wildman–Crippen MR) is 70.7 cm³/mol. The summed E-state index contributed by atoms with van der Waals surface area (Å²) in [5.41, 5.74) is -0.552. The van der Waals surface area contributed by atoms with Gasteiger partial charge in [-0.15, -0.1) is 0 Å².